The molecule has 16 heavy (non-hydrogen) atoms. The molecule has 5 nitrogen and oxygen atoms in total. The highest BCUT2D eigenvalue weighted by molar-refractivity contribution is 8.00. The maximum atomic E-state index is 10.8. The van der Waals surface area contributed by atoms with Crippen molar-refractivity contribution >= 4 is 23.7 Å². The number of carboxylic acids is 2. The maximum absolute atomic E-state index is 10.8. The second-order valence-electron chi connectivity index (χ2n) is 3.68. The van der Waals surface area contributed by atoms with Crippen molar-refractivity contribution in [1.82, 2.24) is 0 Å². The van der Waals surface area contributed by atoms with Crippen LogP contribution in [0.3, 0.4) is 0 Å². The van der Waals surface area contributed by atoms with Crippen LogP contribution in [-0.4, -0.2) is 26.9 Å². The van der Waals surface area contributed by atoms with Crippen molar-refractivity contribution in [3.63, 3.8) is 0 Å². The number of carbonyl (C=O) groups is 2. The van der Waals surface area contributed by atoms with Gasteiger partial charge in [-0.05, 0) is 26.0 Å². The topological polar surface area (TPSA) is 87.7 Å². The molecule has 6 heteroatoms. The van der Waals surface area contributed by atoms with Crippen LogP contribution in [-0.2, 0) is 10.5 Å². The third kappa shape index (κ3) is 3.03. The van der Waals surface area contributed by atoms with Crippen molar-refractivity contribution in [2.75, 3.05) is 0 Å². The average Bonchev–Trinajstić information content (AvgIpc) is 2.63. The Hall–Kier alpha value is -1.43. The second-order valence-corrected chi connectivity index (χ2v) is 5.27. The van der Waals surface area contributed by atoms with Gasteiger partial charge in [0.25, 0.3) is 0 Å². The molecule has 88 valence electrons. The molecule has 0 atom stereocenters. The number of aromatic carboxylic acids is 1. The van der Waals surface area contributed by atoms with Crippen molar-refractivity contribution in [3.8, 4) is 0 Å². The first-order chi connectivity index (χ1) is 7.33. The van der Waals surface area contributed by atoms with Crippen LogP contribution in [0.2, 0.25) is 0 Å². The first-order valence-electron chi connectivity index (χ1n) is 4.52. The van der Waals surface area contributed by atoms with Gasteiger partial charge in [-0.3, -0.25) is 4.79 Å². The predicted octanol–water partition coefficient (Wildman–Crippen LogP) is 2.07. The summed E-state index contributed by atoms with van der Waals surface area (Å²) in [4.78, 5) is 21.3. The molecule has 0 unspecified atom stereocenters. The molecule has 0 spiro atoms. The molecule has 0 saturated heterocycles. The molecule has 2 N–H and O–H groups in total. The van der Waals surface area contributed by atoms with Crippen molar-refractivity contribution in [2.24, 2.45) is 0 Å². The molecule has 0 saturated carbocycles. The van der Waals surface area contributed by atoms with Crippen molar-refractivity contribution in [3.05, 3.63) is 23.7 Å². The Morgan fingerprint density at radius 2 is 2.00 bits per heavy atom. The molecular weight excluding hydrogens is 232 g/mol. The van der Waals surface area contributed by atoms with E-state index in [1.807, 2.05) is 0 Å². The van der Waals surface area contributed by atoms with E-state index in [2.05, 4.69) is 0 Å². The van der Waals surface area contributed by atoms with Crippen LogP contribution in [0.1, 0.15) is 30.2 Å². The lowest BCUT2D eigenvalue weighted by atomic mass is 10.2. The lowest BCUT2D eigenvalue weighted by Crippen LogP contribution is -2.27. The highest BCUT2D eigenvalue weighted by Gasteiger charge is 2.28. The number of hydrogen-bond acceptors (Lipinski definition) is 4. The third-order valence-corrected chi connectivity index (χ3v) is 3.29. The van der Waals surface area contributed by atoms with E-state index >= 15 is 0 Å². The van der Waals surface area contributed by atoms with E-state index in [0.717, 1.165) is 0 Å². The zero-order valence-corrected chi connectivity index (χ0v) is 9.71. The Balaban J connectivity index is 2.61. The van der Waals surface area contributed by atoms with Crippen LogP contribution in [0, 0.1) is 0 Å². The van der Waals surface area contributed by atoms with Gasteiger partial charge in [0, 0.05) is 0 Å². The van der Waals surface area contributed by atoms with E-state index in [1.54, 1.807) is 13.8 Å². The molecule has 1 aromatic rings. The minimum absolute atomic E-state index is 0.135. The molecule has 0 radical (unpaired) electrons. The summed E-state index contributed by atoms with van der Waals surface area (Å²) >= 11 is 1.18. The molecule has 0 aromatic carbocycles. The summed E-state index contributed by atoms with van der Waals surface area (Å²) in [5.41, 5.74) is 0. The van der Waals surface area contributed by atoms with E-state index in [0.29, 0.717) is 11.5 Å². The van der Waals surface area contributed by atoms with E-state index < -0.39 is 16.7 Å². The van der Waals surface area contributed by atoms with Gasteiger partial charge in [-0.2, -0.15) is 0 Å². The fourth-order valence-corrected chi connectivity index (χ4v) is 1.67. The van der Waals surface area contributed by atoms with E-state index in [-0.39, 0.29) is 5.76 Å². The van der Waals surface area contributed by atoms with Crippen LogP contribution >= 0.6 is 11.8 Å². The van der Waals surface area contributed by atoms with Crippen molar-refractivity contribution in [1.29, 1.82) is 0 Å². The lowest BCUT2D eigenvalue weighted by Gasteiger charge is -2.17. The minimum atomic E-state index is -1.13. The summed E-state index contributed by atoms with van der Waals surface area (Å²) in [6.45, 7) is 3.17. The minimum Gasteiger partial charge on any atom is -0.480 e. The summed E-state index contributed by atoms with van der Waals surface area (Å²) in [7, 11) is 0. The zero-order valence-electron chi connectivity index (χ0n) is 8.89. The highest BCUT2D eigenvalue weighted by Crippen LogP contribution is 2.28. The van der Waals surface area contributed by atoms with Gasteiger partial charge in [0.1, 0.15) is 10.5 Å². The van der Waals surface area contributed by atoms with E-state index in [1.165, 1.54) is 23.9 Å². The van der Waals surface area contributed by atoms with Gasteiger partial charge in [0.2, 0.25) is 5.76 Å². The monoisotopic (exact) mass is 244 g/mol. The number of carboxylic acid groups (broad SMARTS) is 2. The summed E-state index contributed by atoms with van der Waals surface area (Å²) < 4.78 is 4.09. The largest absolute Gasteiger partial charge is 0.480 e. The third-order valence-electron chi connectivity index (χ3n) is 1.96. The molecule has 0 fully saturated rings. The normalized spacial score (nSPS) is 11.4. The van der Waals surface area contributed by atoms with Crippen molar-refractivity contribution in [2.45, 2.75) is 24.3 Å². The van der Waals surface area contributed by atoms with Crippen LogP contribution < -0.4 is 0 Å². The first-order valence-corrected chi connectivity index (χ1v) is 5.51. The van der Waals surface area contributed by atoms with Crippen LogP contribution in [0.5, 0.6) is 0 Å². The summed E-state index contributed by atoms with van der Waals surface area (Å²) in [5, 5.41) is 17.5. The quantitative estimate of drug-likeness (QED) is 0.824. The number of hydrogen-bond donors (Lipinski definition) is 2. The predicted molar refractivity (Wildman–Crippen MR) is 58.7 cm³/mol. The number of furan rings is 1. The first kappa shape index (κ1) is 12.6. The van der Waals surface area contributed by atoms with Crippen molar-refractivity contribution < 1.29 is 24.2 Å². The molecule has 0 aliphatic rings. The smallest absolute Gasteiger partial charge is 0.371 e. The molecule has 0 amide bonds. The van der Waals surface area contributed by atoms with Gasteiger partial charge in [-0.1, -0.05) is 0 Å². The second kappa shape index (κ2) is 4.61. The number of aliphatic carboxylic acids is 1. The van der Waals surface area contributed by atoms with E-state index in [4.69, 9.17) is 14.6 Å². The molecule has 0 aliphatic heterocycles. The Morgan fingerprint density at radius 3 is 2.44 bits per heavy atom. The summed E-state index contributed by atoms with van der Waals surface area (Å²) in [6, 6.07) is 2.89. The molecule has 0 aliphatic carbocycles. The van der Waals surface area contributed by atoms with Gasteiger partial charge >= 0.3 is 11.9 Å². The van der Waals surface area contributed by atoms with Gasteiger partial charge in [0.05, 0.1) is 5.75 Å². The summed E-state index contributed by atoms with van der Waals surface area (Å²) in [5.74, 6) is -1.40. The SMILES string of the molecule is CC(C)(SCc1ccc(C(=O)O)o1)C(=O)O. The number of rotatable bonds is 5. The Labute approximate surface area is 96.5 Å². The maximum Gasteiger partial charge on any atom is 0.371 e. The fourth-order valence-electron chi connectivity index (χ4n) is 0.884. The molecule has 1 heterocycles. The zero-order chi connectivity index (χ0) is 12.3. The Kier molecular flexibility index (Phi) is 3.64. The van der Waals surface area contributed by atoms with Gasteiger partial charge in [-0.15, -0.1) is 11.8 Å². The fraction of sp³-hybridized carbons (Fsp3) is 0.400. The molecule has 0 bridgehead atoms. The summed E-state index contributed by atoms with van der Waals surface area (Å²) in [6.07, 6.45) is 0. The van der Waals surface area contributed by atoms with E-state index in [9.17, 15) is 9.59 Å². The Morgan fingerprint density at radius 1 is 1.38 bits per heavy atom. The Bertz CT molecular complexity index is 407. The van der Waals surface area contributed by atoms with Gasteiger partial charge in [0.15, 0.2) is 0 Å². The average molecular weight is 244 g/mol. The van der Waals surface area contributed by atoms with Crippen LogP contribution in [0.15, 0.2) is 16.5 Å². The van der Waals surface area contributed by atoms with Crippen LogP contribution in [0.4, 0.5) is 0 Å². The standard InChI is InChI=1S/C10H12O5S/c1-10(2,9(13)14)16-5-6-3-4-7(15-6)8(11)12/h3-4H,5H2,1-2H3,(H,11,12)(H,13,14). The van der Waals surface area contributed by atoms with Crippen LogP contribution in [0.25, 0.3) is 0 Å². The highest BCUT2D eigenvalue weighted by atomic mass is 32.2. The van der Waals surface area contributed by atoms with Gasteiger partial charge < -0.3 is 14.6 Å². The molecule has 1 aromatic heterocycles. The number of thioether (sulfide) groups is 1. The molecular formula is C10H12O5S. The lowest BCUT2D eigenvalue weighted by molar-refractivity contribution is -0.138. The molecule has 1 rings (SSSR count). The van der Waals surface area contributed by atoms with Gasteiger partial charge in [-0.25, -0.2) is 4.79 Å².